The minimum Gasteiger partial charge on any atom is -0.464 e. The summed E-state index contributed by atoms with van der Waals surface area (Å²) in [4.78, 5) is 28.2. The van der Waals surface area contributed by atoms with E-state index in [0.29, 0.717) is 29.7 Å². The van der Waals surface area contributed by atoms with Crippen molar-refractivity contribution < 1.29 is 13.6 Å². The van der Waals surface area contributed by atoms with Crippen molar-refractivity contribution in [2.75, 3.05) is 19.6 Å². The molecule has 6 heteroatoms. The minimum absolute atomic E-state index is 0.0483. The number of furan rings is 1. The number of carbonyl (C=O) groups excluding carboxylic acids is 1. The highest BCUT2D eigenvalue weighted by molar-refractivity contribution is 6.00. The fourth-order valence-electron chi connectivity index (χ4n) is 5.81. The van der Waals surface area contributed by atoms with E-state index in [1.807, 2.05) is 26.8 Å². The van der Waals surface area contributed by atoms with E-state index in [4.69, 9.17) is 8.83 Å². The van der Waals surface area contributed by atoms with Gasteiger partial charge < -0.3 is 19.1 Å². The Balaban J connectivity index is 1.36. The lowest BCUT2D eigenvalue weighted by Gasteiger charge is -2.44. The van der Waals surface area contributed by atoms with E-state index in [1.54, 1.807) is 6.26 Å². The lowest BCUT2D eigenvalue weighted by Crippen LogP contribution is -2.51. The Morgan fingerprint density at radius 1 is 1.06 bits per heavy atom. The van der Waals surface area contributed by atoms with E-state index in [1.165, 1.54) is 38.8 Å². The molecule has 2 aliphatic rings. The Kier molecular flexibility index (Phi) is 5.58. The highest BCUT2D eigenvalue weighted by atomic mass is 16.4. The highest BCUT2D eigenvalue weighted by Gasteiger charge is 2.33. The Labute approximate surface area is 187 Å². The summed E-state index contributed by atoms with van der Waals surface area (Å²) in [5.74, 6) is 0.395. The van der Waals surface area contributed by atoms with Gasteiger partial charge >= 0.3 is 5.63 Å². The second-order valence-electron chi connectivity index (χ2n) is 9.65. The number of aryl methyl sites for hydroxylation is 3. The van der Waals surface area contributed by atoms with Gasteiger partial charge in [-0.3, -0.25) is 4.79 Å². The van der Waals surface area contributed by atoms with Crippen LogP contribution in [0.5, 0.6) is 0 Å². The van der Waals surface area contributed by atoms with Crippen LogP contribution < -0.4 is 10.9 Å². The number of hydrogen-bond acceptors (Lipinski definition) is 5. The maximum Gasteiger partial charge on any atom is 0.340 e. The summed E-state index contributed by atoms with van der Waals surface area (Å²) in [5, 5.41) is 5.00. The molecule has 1 amide bonds. The molecule has 3 aromatic rings. The molecule has 0 bridgehead atoms. The fourth-order valence-corrected chi connectivity index (χ4v) is 5.81. The van der Waals surface area contributed by atoms with Gasteiger partial charge in [0.1, 0.15) is 11.2 Å². The quantitative estimate of drug-likeness (QED) is 0.614. The number of fused-ring (bicyclic) bond motifs is 3. The van der Waals surface area contributed by atoms with Crippen LogP contribution in [-0.2, 0) is 11.2 Å². The van der Waals surface area contributed by atoms with Crippen molar-refractivity contribution in [3.05, 3.63) is 45.0 Å². The number of nitrogens with one attached hydrogen (secondary N) is 1. The summed E-state index contributed by atoms with van der Waals surface area (Å²) in [6.45, 7) is 8.87. The van der Waals surface area contributed by atoms with E-state index < -0.39 is 5.63 Å². The number of amides is 1. The van der Waals surface area contributed by atoms with E-state index >= 15 is 0 Å². The van der Waals surface area contributed by atoms with Gasteiger partial charge in [-0.2, -0.15) is 0 Å². The first-order chi connectivity index (χ1) is 15.4. The van der Waals surface area contributed by atoms with Crippen LogP contribution in [0, 0.1) is 26.7 Å². The Morgan fingerprint density at radius 2 is 1.88 bits per heavy atom. The van der Waals surface area contributed by atoms with E-state index in [9.17, 15) is 9.59 Å². The predicted molar refractivity (Wildman–Crippen MR) is 125 cm³/mol. The predicted octanol–water partition coefficient (Wildman–Crippen LogP) is 4.39. The highest BCUT2D eigenvalue weighted by Crippen LogP contribution is 2.33. The monoisotopic (exact) mass is 436 g/mol. The smallest absolute Gasteiger partial charge is 0.340 e. The summed E-state index contributed by atoms with van der Waals surface area (Å²) in [6, 6.07) is 2.60. The molecule has 2 aliphatic heterocycles. The molecule has 0 spiro atoms. The lowest BCUT2D eigenvalue weighted by atomic mass is 9.83. The summed E-state index contributed by atoms with van der Waals surface area (Å²) in [6.07, 6.45) is 7.94. The molecule has 4 heterocycles. The van der Waals surface area contributed by atoms with Gasteiger partial charge in [-0.1, -0.05) is 6.42 Å². The van der Waals surface area contributed by atoms with Crippen LogP contribution >= 0.6 is 0 Å². The van der Waals surface area contributed by atoms with Crippen LogP contribution in [-0.4, -0.2) is 36.5 Å². The SMILES string of the molecule is Cc1coc2c(C)c3oc(=O)c(CC(=O)NCC4CCCN5CCCCC45)c(C)c3cc12. The van der Waals surface area contributed by atoms with Gasteiger partial charge in [0.05, 0.1) is 18.2 Å². The molecule has 0 radical (unpaired) electrons. The Morgan fingerprint density at radius 3 is 2.72 bits per heavy atom. The number of nitrogens with zero attached hydrogens (tertiary/aromatic N) is 1. The normalized spacial score (nSPS) is 21.7. The Bertz CT molecular complexity index is 1240. The van der Waals surface area contributed by atoms with Gasteiger partial charge in [0.25, 0.3) is 0 Å². The second-order valence-corrected chi connectivity index (χ2v) is 9.65. The molecule has 2 saturated heterocycles. The average Bonchev–Trinajstić information content (AvgIpc) is 3.17. The third-order valence-corrected chi connectivity index (χ3v) is 7.66. The van der Waals surface area contributed by atoms with Crippen molar-refractivity contribution in [2.45, 2.75) is 65.3 Å². The average molecular weight is 437 g/mol. The molecule has 0 saturated carbocycles. The van der Waals surface area contributed by atoms with Crippen molar-refractivity contribution in [1.82, 2.24) is 10.2 Å². The molecule has 32 heavy (non-hydrogen) atoms. The first-order valence-corrected chi connectivity index (χ1v) is 11.9. The maximum absolute atomic E-state index is 12.8. The van der Waals surface area contributed by atoms with Crippen molar-refractivity contribution in [3.8, 4) is 0 Å². The van der Waals surface area contributed by atoms with Gasteiger partial charge in [0.2, 0.25) is 5.91 Å². The van der Waals surface area contributed by atoms with Crippen LogP contribution in [0.3, 0.4) is 0 Å². The van der Waals surface area contributed by atoms with Crippen molar-refractivity contribution in [2.24, 2.45) is 5.92 Å². The zero-order valence-electron chi connectivity index (χ0n) is 19.3. The van der Waals surface area contributed by atoms with Gasteiger partial charge in [-0.05, 0) is 82.7 Å². The molecule has 5 rings (SSSR count). The van der Waals surface area contributed by atoms with Crippen molar-refractivity contribution in [1.29, 1.82) is 0 Å². The zero-order valence-corrected chi connectivity index (χ0v) is 19.3. The second kappa shape index (κ2) is 8.39. The first-order valence-electron chi connectivity index (χ1n) is 11.9. The van der Waals surface area contributed by atoms with E-state index in [-0.39, 0.29) is 12.3 Å². The van der Waals surface area contributed by atoms with E-state index in [0.717, 1.165) is 39.5 Å². The third kappa shape index (κ3) is 3.64. The minimum atomic E-state index is -0.438. The van der Waals surface area contributed by atoms with Gasteiger partial charge in [0.15, 0.2) is 0 Å². The maximum atomic E-state index is 12.8. The van der Waals surface area contributed by atoms with Gasteiger partial charge in [0, 0.05) is 28.9 Å². The molecular weight excluding hydrogens is 404 g/mol. The van der Waals surface area contributed by atoms with E-state index in [2.05, 4.69) is 10.2 Å². The molecule has 0 aliphatic carbocycles. The molecule has 1 N–H and O–H groups in total. The molecular formula is C26H32N2O4. The molecule has 2 fully saturated rings. The number of piperidine rings is 2. The topological polar surface area (TPSA) is 75.7 Å². The zero-order chi connectivity index (χ0) is 22.4. The summed E-state index contributed by atoms with van der Waals surface area (Å²) in [5.41, 5.74) is 3.96. The molecule has 170 valence electrons. The van der Waals surface area contributed by atoms with Crippen LogP contribution in [0.4, 0.5) is 0 Å². The van der Waals surface area contributed by atoms with Crippen LogP contribution in [0.1, 0.15) is 54.4 Å². The standard InChI is InChI=1S/C26H32N2O4/c1-15-14-31-24-17(3)25-20(11-19(15)24)16(2)21(26(30)32-25)12-23(29)27-13-18-7-6-10-28-9-5-4-8-22(18)28/h11,14,18,22H,4-10,12-13H2,1-3H3,(H,27,29). The largest absolute Gasteiger partial charge is 0.464 e. The molecule has 6 nitrogen and oxygen atoms in total. The van der Waals surface area contributed by atoms with Crippen LogP contribution in [0.2, 0.25) is 0 Å². The number of hydrogen-bond donors (Lipinski definition) is 1. The molecule has 1 aromatic carbocycles. The summed E-state index contributed by atoms with van der Waals surface area (Å²) >= 11 is 0. The molecule has 2 atom stereocenters. The van der Waals surface area contributed by atoms with Gasteiger partial charge in [-0.25, -0.2) is 4.79 Å². The summed E-state index contributed by atoms with van der Waals surface area (Å²) in [7, 11) is 0. The molecule has 2 aromatic heterocycles. The van der Waals surface area contributed by atoms with Crippen LogP contribution in [0.15, 0.2) is 26.0 Å². The number of benzene rings is 1. The number of carbonyl (C=O) groups is 1. The number of rotatable bonds is 4. The molecule has 2 unspecified atom stereocenters. The first kappa shape index (κ1) is 21.3. The van der Waals surface area contributed by atoms with Crippen molar-refractivity contribution in [3.63, 3.8) is 0 Å². The summed E-state index contributed by atoms with van der Waals surface area (Å²) < 4.78 is 11.3. The van der Waals surface area contributed by atoms with Crippen molar-refractivity contribution >= 4 is 27.8 Å². The van der Waals surface area contributed by atoms with Gasteiger partial charge in [-0.15, -0.1) is 0 Å². The van der Waals surface area contributed by atoms with Crippen LogP contribution in [0.25, 0.3) is 21.9 Å². The third-order valence-electron chi connectivity index (χ3n) is 7.66. The lowest BCUT2D eigenvalue weighted by molar-refractivity contribution is -0.120. The Hall–Kier alpha value is -2.60. The fraction of sp³-hybridized carbons (Fsp3) is 0.538.